The van der Waals surface area contributed by atoms with Crippen molar-refractivity contribution in [2.24, 2.45) is 20.6 Å². The zero-order valence-corrected chi connectivity index (χ0v) is 12.5. The molecule has 1 spiro atoms. The lowest BCUT2D eigenvalue weighted by Gasteiger charge is -2.38. The van der Waals surface area contributed by atoms with Crippen molar-refractivity contribution in [3.05, 3.63) is 30.3 Å². The molecule has 0 radical (unpaired) electrons. The molecule has 1 saturated carbocycles. The quantitative estimate of drug-likeness (QED) is 0.736. The van der Waals surface area contributed by atoms with Gasteiger partial charge in [0.2, 0.25) is 0 Å². The second-order valence-electron chi connectivity index (χ2n) is 7.21. The van der Waals surface area contributed by atoms with Crippen LogP contribution in [0.25, 0.3) is 0 Å². The van der Waals surface area contributed by atoms with E-state index < -0.39 is 5.72 Å². The van der Waals surface area contributed by atoms with Gasteiger partial charge in [0, 0.05) is 6.42 Å². The molecule has 0 unspecified atom stereocenters. The van der Waals surface area contributed by atoms with E-state index in [4.69, 9.17) is 9.47 Å². The molecule has 0 bridgehead atoms. The fourth-order valence-corrected chi connectivity index (χ4v) is 3.89. The number of para-hydroxylation sites is 1. The van der Waals surface area contributed by atoms with Crippen LogP contribution in [0, 0.1) is 5.41 Å². The summed E-state index contributed by atoms with van der Waals surface area (Å²) in [6, 6.07) is 9.99. The molecule has 1 saturated heterocycles. The van der Waals surface area contributed by atoms with Crippen molar-refractivity contribution >= 4 is 11.7 Å². The normalized spacial score (nSPS) is 41.1. The Bertz CT molecular complexity index is 637. The molecule has 3 aliphatic rings. The first-order chi connectivity index (χ1) is 9.91. The fourth-order valence-electron chi connectivity index (χ4n) is 3.89. The zero-order chi connectivity index (χ0) is 14.7. The maximum absolute atomic E-state index is 6.04. The Kier molecular flexibility index (Phi) is 2.41. The topological polar surface area (TPSA) is 58.8 Å². The predicted molar refractivity (Wildman–Crippen MR) is 78.5 cm³/mol. The van der Waals surface area contributed by atoms with E-state index in [-0.39, 0.29) is 17.1 Å². The summed E-state index contributed by atoms with van der Waals surface area (Å²) in [5, 5.41) is 8.57. The molecule has 0 aromatic heterocycles. The summed E-state index contributed by atoms with van der Waals surface area (Å²) < 4.78 is 11.9. The highest BCUT2D eigenvalue weighted by atomic mass is 16.7. The van der Waals surface area contributed by atoms with E-state index in [0.717, 1.165) is 18.5 Å². The molecular formula is C16H19N3O2. The van der Waals surface area contributed by atoms with E-state index in [1.807, 2.05) is 30.3 Å². The first-order valence-electron chi connectivity index (χ1n) is 7.34. The molecule has 2 aliphatic heterocycles. The van der Waals surface area contributed by atoms with Crippen LogP contribution in [0.3, 0.4) is 0 Å². The van der Waals surface area contributed by atoms with Crippen molar-refractivity contribution in [3.8, 4) is 0 Å². The van der Waals surface area contributed by atoms with Crippen molar-refractivity contribution in [1.82, 2.24) is 0 Å². The van der Waals surface area contributed by atoms with E-state index in [1.54, 1.807) is 0 Å². The number of ether oxygens (including phenoxy) is 2. The zero-order valence-electron chi connectivity index (χ0n) is 12.5. The van der Waals surface area contributed by atoms with Gasteiger partial charge in [0.25, 0.3) is 5.72 Å². The lowest BCUT2D eigenvalue weighted by molar-refractivity contribution is -0.00716. The summed E-state index contributed by atoms with van der Waals surface area (Å²) in [7, 11) is 0. The Morgan fingerprint density at radius 2 is 1.90 bits per heavy atom. The maximum Gasteiger partial charge on any atom is 0.338 e. The molecule has 110 valence electrons. The largest absolute Gasteiger partial charge is 0.429 e. The van der Waals surface area contributed by atoms with Gasteiger partial charge in [-0.05, 0) is 30.9 Å². The molecule has 1 aliphatic carbocycles. The number of rotatable bonds is 1. The molecule has 2 heterocycles. The average Bonchev–Trinajstić information content (AvgIpc) is 2.93. The van der Waals surface area contributed by atoms with Crippen LogP contribution < -0.4 is 0 Å². The van der Waals surface area contributed by atoms with Gasteiger partial charge in [0.1, 0.15) is 6.10 Å². The molecule has 1 aromatic carbocycles. The molecule has 1 aromatic rings. The van der Waals surface area contributed by atoms with Crippen LogP contribution >= 0.6 is 0 Å². The number of fused-ring (bicyclic) bond motifs is 2. The summed E-state index contributed by atoms with van der Waals surface area (Å²) in [4.78, 5) is 4.41. The monoisotopic (exact) mass is 285 g/mol. The summed E-state index contributed by atoms with van der Waals surface area (Å²) in [6.45, 7) is 6.58. The highest BCUT2D eigenvalue weighted by molar-refractivity contribution is 5.79. The lowest BCUT2D eigenvalue weighted by atomic mass is 9.69. The van der Waals surface area contributed by atoms with E-state index >= 15 is 0 Å². The SMILES string of the molecule is CC1(C)C[C@@]2(N=NC(=Nc3ccccc3)O2)[C@@H]2O[C@@]2(C)C1. The third kappa shape index (κ3) is 2.07. The Morgan fingerprint density at radius 1 is 1.14 bits per heavy atom. The van der Waals surface area contributed by atoms with Crippen molar-refractivity contribution in [1.29, 1.82) is 0 Å². The third-order valence-corrected chi connectivity index (χ3v) is 4.41. The summed E-state index contributed by atoms with van der Waals surface area (Å²) >= 11 is 0. The van der Waals surface area contributed by atoms with Gasteiger partial charge >= 0.3 is 6.02 Å². The first kappa shape index (κ1) is 13.0. The molecule has 5 nitrogen and oxygen atoms in total. The summed E-state index contributed by atoms with van der Waals surface area (Å²) in [6.07, 6.45) is 1.82. The molecule has 0 amide bonds. The summed E-state index contributed by atoms with van der Waals surface area (Å²) in [5.41, 5.74) is 0.105. The Labute approximate surface area is 124 Å². The van der Waals surface area contributed by atoms with Crippen molar-refractivity contribution in [2.45, 2.75) is 51.0 Å². The van der Waals surface area contributed by atoms with Gasteiger partial charge < -0.3 is 9.47 Å². The first-order valence-corrected chi connectivity index (χ1v) is 7.34. The molecule has 2 fully saturated rings. The van der Waals surface area contributed by atoms with Crippen LogP contribution in [-0.2, 0) is 9.47 Å². The van der Waals surface area contributed by atoms with E-state index in [2.05, 4.69) is 36.0 Å². The Balaban J connectivity index is 1.62. The number of amidine groups is 1. The van der Waals surface area contributed by atoms with Gasteiger partial charge in [0.15, 0.2) is 0 Å². The smallest absolute Gasteiger partial charge is 0.338 e. The number of benzene rings is 1. The molecule has 4 rings (SSSR count). The third-order valence-electron chi connectivity index (χ3n) is 4.41. The number of hydrogen-bond acceptors (Lipinski definition) is 4. The minimum absolute atomic E-state index is 0.00903. The average molecular weight is 285 g/mol. The van der Waals surface area contributed by atoms with Crippen LogP contribution in [0.1, 0.15) is 33.6 Å². The minimum atomic E-state index is -0.690. The number of epoxide rings is 1. The van der Waals surface area contributed by atoms with E-state index in [0.29, 0.717) is 6.02 Å². The van der Waals surface area contributed by atoms with Crippen LogP contribution in [0.5, 0.6) is 0 Å². The number of hydrogen-bond donors (Lipinski definition) is 0. The van der Waals surface area contributed by atoms with Crippen molar-refractivity contribution in [2.75, 3.05) is 0 Å². The van der Waals surface area contributed by atoms with Gasteiger partial charge in [-0.1, -0.05) is 37.2 Å². The molecular weight excluding hydrogens is 266 g/mol. The van der Waals surface area contributed by atoms with Gasteiger partial charge in [0.05, 0.1) is 11.3 Å². The Hall–Kier alpha value is -1.75. The van der Waals surface area contributed by atoms with Crippen LogP contribution in [-0.4, -0.2) is 23.5 Å². The van der Waals surface area contributed by atoms with Crippen molar-refractivity contribution < 1.29 is 9.47 Å². The van der Waals surface area contributed by atoms with Gasteiger partial charge in [-0.25, -0.2) is 0 Å². The number of nitrogens with zero attached hydrogens (tertiary/aromatic N) is 3. The summed E-state index contributed by atoms with van der Waals surface area (Å²) in [5.74, 6) is 0. The molecule has 0 N–H and O–H groups in total. The molecule has 21 heavy (non-hydrogen) atoms. The van der Waals surface area contributed by atoms with Crippen LogP contribution in [0.4, 0.5) is 5.69 Å². The van der Waals surface area contributed by atoms with Gasteiger partial charge in [-0.2, -0.15) is 4.99 Å². The standard InChI is InChI=1S/C16H19N3O2/c1-14(2)9-15(3)12(20-15)16(10-14)19-18-13(21-16)17-11-7-5-4-6-8-11/h4-8,12H,9-10H2,1-3H3/t12-,15+,16+/m1/s1. The molecule has 3 atom stereocenters. The second-order valence-corrected chi connectivity index (χ2v) is 7.21. The minimum Gasteiger partial charge on any atom is -0.429 e. The van der Waals surface area contributed by atoms with Crippen LogP contribution in [0.2, 0.25) is 0 Å². The van der Waals surface area contributed by atoms with Gasteiger partial charge in [-0.3, -0.25) is 0 Å². The van der Waals surface area contributed by atoms with Crippen LogP contribution in [0.15, 0.2) is 45.6 Å². The Morgan fingerprint density at radius 3 is 2.67 bits per heavy atom. The maximum atomic E-state index is 6.04. The van der Waals surface area contributed by atoms with Gasteiger partial charge in [-0.15, -0.1) is 5.11 Å². The highest BCUT2D eigenvalue weighted by Gasteiger charge is 2.72. The lowest BCUT2D eigenvalue weighted by Crippen LogP contribution is -2.47. The second kappa shape index (κ2) is 3.91. The highest BCUT2D eigenvalue weighted by Crippen LogP contribution is 2.60. The number of azo groups is 1. The number of aliphatic imine (C=N–C) groups is 1. The van der Waals surface area contributed by atoms with E-state index in [9.17, 15) is 0 Å². The van der Waals surface area contributed by atoms with E-state index in [1.165, 1.54) is 0 Å². The fraction of sp³-hybridized carbons (Fsp3) is 0.562. The predicted octanol–water partition coefficient (Wildman–Crippen LogP) is 3.83. The molecule has 5 heteroatoms. The van der Waals surface area contributed by atoms with Crippen molar-refractivity contribution in [3.63, 3.8) is 0 Å².